The Labute approximate surface area is 101 Å². The van der Waals surface area contributed by atoms with Crippen molar-refractivity contribution in [1.29, 1.82) is 0 Å². The molecule has 1 aromatic heterocycles. The summed E-state index contributed by atoms with van der Waals surface area (Å²) in [6.45, 7) is 1.44. The molecule has 0 radical (unpaired) electrons. The summed E-state index contributed by atoms with van der Waals surface area (Å²) in [4.78, 5) is 11.0. The van der Waals surface area contributed by atoms with Gasteiger partial charge in [0.2, 0.25) is 0 Å². The van der Waals surface area contributed by atoms with Gasteiger partial charge in [-0.15, -0.1) is 0 Å². The molecule has 2 rings (SSSR count). The molecule has 0 amide bonds. The normalized spacial score (nSPS) is 10.5. The smallest absolute Gasteiger partial charge is 0.341 e. The molecule has 0 aliphatic heterocycles. The number of aromatic carboxylic acids is 1. The van der Waals surface area contributed by atoms with Gasteiger partial charge >= 0.3 is 5.97 Å². The molecule has 1 aromatic carbocycles. The standard InChI is InChI=1S/C11H7ClFNO3/c1-5-8(11(15)16)10(14-17-5)9-6(12)3-2-4-7(9)13/h2-4H,1H3,(H,15,16). The summed E-state index contributed by atoms with van der Waals surface area (Å²) in [6, 6.07) is 4.06. The van der Waals surface area contributed by atoms with E-state index in [9.17, 15) is 9.18 Å². The summed E-state index contributed by atoms with van der Waals surface area (Å²) in [5, 5.41) is 12.6. The van der Waals surface area contributed by atoms with E-state index in [1.807, 2.05) is 0 Å². The predicted molar refractivity (Wildman–Crippen MR) is 58.6 cm³/mol. The van der Waals surface area contributed by atoms with Gasteiger partial charge in [0.25, 0.3) is 0 Å². The molecule has 1 heterocycles. The minimum absolute atomic E-state index is 0.0663. The molecule has 0 bridgehead atoms. The fourth-order valence-corrected chi connectivity index (χ4v) is 1.77. The van der Waals surface area contributed by atoms with E-state index in [-0.39, 0.29) is 27.6 Å². The lowest BCUT2D eigenvalue weighted by Gasteiger charge is -2.02. The van der Waals surface area contributed by atoms with Crippen LogP contribution in [0, 0.1) is 12.7 Å². The van der Waals surface area contributed by atoms with E-state index in [1.165, 1.54) is 25.1 Å². The van der Waals surface area contributed by atoms with Crippen LogP contribution in [-0.4, -0.2) is 16.2 Å². The molecule has 88 valence electrons. The number of rotatable bonds is 2. The Morgan fingerprint density at radius 3 is 2.82 bits per heavy atom. The zero-order valence-electron chi connectivity index (χ0n) is 8.70. The van der Waals surface area contributed by atoms with Crippen molar-refractivity contribution >= 4 is 17.6 Å². The van der Waals surface area contributed by atoms with E-state index in [0.717, 1.165) is 0 Å². The first-order valence-corrected chi connectivity index (χ1v) is 5.04. The fraction of sp³-hybridized carbons (Fsp3) is 0.0909. The minimum Gasteiger partial charge on any atom is -0.477 e. The van der Waals surface area contributed by atoms with Crippen LogP contribution in [0.4, 0.5) is 4.39 Å². The van der Waals surface area contributed by atoms with Gasteiger partial charge < -0.3 is 9.63 Å². The molecule has 0 aliphatic carbocycles. The zero-order chi connectivity index (χ0) is 12.6. The molecule has 1 N–H and O–H groups in total. The third-order valence-corrected chi connectivity index (χ3v) is 2.59. The van der Waals surface area contributed by atoms with Crippen LogP contribution in [0.15, 0.2) is 22.7 Å². The Kier molecular flexibility index (Phi) is 2.85. The van der Waals surface area contributed by atoms with Crippen LogP contribution in [0.25, 0.3) is 11.3 Å². The first kappa shape index (κ1) is 11.6. The van der Waals surface area contributed by atoms with Crippen molar-refractivity contribution in [3.05, 3.63) is 40.4 Å². The van der Waals surface area contributed by atoms with Gasteiger partial charge in [-0.3, -0.25) is 0 Å². The molecule has 0 aliphatic rings. The second-order valence-corrected chi connectivity index (χ2v) is 3.77. The van der Waals surface area contributed by atoms with E-state index in [2.05, 4.69) is 5.16 Å². The van der Waals surface area contributed by atoms with Crippen molar-refractivity contribution in [3.63, 3.8) is 0 Å². The summed E-state index contributed by atoms with van der Waals surface area (Å²) in [5.74, 6) is -1.78. The van der Waals surface area contributed by atoms with E-state index >= 15 is 0 Å². The predicted octanol–water partition coefficient (Wildman–Crippen LogP) is 3.14. The average molecular weight is 256 g/mol. The van der Waals surface area contributed by atoms with Crippen molar-refractivity contribution < 1.29 is 18.8 Å². The van der Waals surface area contributed by atoms with Crippen LogP contribution >= 0.6 is 11.6 Å². The number of aromatic nitrogens is 1. The van der Waals surface area contributed by atoms with Gasteiger partial charge in [-0.05, 0) is 19.1 Å². The number of benzene rings is 1. The largest absolute Gasteiger partial charge is 0.477 e. The number of carboxylic acids is 1. The number of nitrogens with zero attached hydrogens (tertiary/aromatic N) is 1. The van der Waals surface area contributed by atoms with Crippen molar-refractivity contribution in [2.24, 2.45) is 0 Å². The van der Waals surface area contributed by atoms with Crippen LogP contribution in [0.1, 0.15) is 16.1 Å². The Morgan fingerprint density at radius 2 is 2.24 bits per heavy atom. The molecule has 0 fully saturated rings. The van der Waals surface area contributed by atoms with Gasteiger partial charge in [-0.1, -0.05) is 22.8 Å². The highest BCUT2D eigenvalue weighted by molar-refractivity contribution is 6.33. The number of carbonyl (C=O) groups is 1. The maximum atomic E-state index is 13.6. The summed E-state index contributed by atoms with van der Waals surface area (Å²) >= 11 is 5.84. The number of hydrogen-bond acceptors (Lipinski definition) is 3. The Balaban J connectivity index is 2.73. The van der Waals surface area contributed by atoms with Gasteiger partial charge in [0.15, 0.2) is 0 Å². The Bertz CT molecular complexity index is 574. The van der Waals surface area contributed by atoms with Crippen molar-refractivity contribution in [1.82, 2.24) is 5.16 Å². The minimum atomic E-state index is -1.24. The van der Waals surface area contributed by atoms with Crippen LogP contribution in [0.3, 0.4) is 0 Å². The molecule has 0 spiro atoms. The van der Waals surface area contributed by atoms with Gasteiger partial charge in [-0.25, -0.2) is 9.18 Å². The van der Waals surface area contributed by atoms with Gasteiger partial charge in [-0.2, -0.15) is 0 Å². The van der Waals surface area contributed by atoms with Gasteiger partial charge in [0.05, 0.1) is 10.6 Å². The van der Waals surface area contributed by atoms with Crippen molar-refractivity contribution in [2.75, 3.05) is 0 Å². The molecule has 4 nitrogen and oxygen atoms in total. The third kappa shape index (κ3) is 1.89. The highest BCUT2D eigenvalue weighted by Crippen LogP contribution is 2.33. The highest BCUT2D eigenvalue weighted by Gasteiger charge is 2.24. The van der Waals surface area contributed by atoms with Crippen molar-refractivity contribution in [2.45, 2.75) is 6.92 Å². The molecule has 17 heavy (non-hydrogen) atoms. The highest BCUT2D eigenvalue weighted by atomic mass is 35.5. The molecular formula is C11H7ClFNO3. The van der Waals surface area contributed by atoms with Crippen LogP contribution in [0.5, 0.6) is 0 Å². The Hall–Kier alpha value is -1.88. The number of hydrogen-bond donors (Lipinski definition) is 1. The molecule has 0 saturated carbocycles. The van der Waals surface area contributed by atoms with Crippen molar-refractivity contribution in [3.8, 4) is 11.3 Å². The first-order chi connectivity index (χ1) is 8.02. The lowest BCUT2D eigenvalue weighted by molar-refractivity contribution is 0.0696. The van der Waals surface area contributed by atoms with Gasteiger partial charge in [0, 0.05) is 0 Å². The number of carboxylic acid groups (broad SMARTS) is 1. The quantitative estimate of drug-likeness (QED) is 0.895. The maximum absolute atomic E-state index is 13.6. The van der Waals surface area contributed by atoms with Crippen LogP contribution in [0.2, 0.25) is 5.02 Å². The molecule has 0 saturated heterocycles. The lowest BCUT2D eigenvalue weighted by atomic mass is 10.1. The molecule has 2 aromatic rings. The summed E-state index contributed by atoms with van der Waals surface area (Å²) < 4.78 is 18.4. The monoisotopic (exact) mass is 255 g/mol. The summed E-state index contributed by atoms with van der Waals surface area (Å²) in [6.07, 6.45) is 0. The number of aryl methyl sites for hydroxylation is 1. The van der Waals surface area contributed by atoms with E-state index in [0.29, 0.717) is 0 Å². The second kappa shape index (κ2) is 4.18. The SMILES string of the molecule is Cc1onc(-c2c(F)cccc2Cl)c1C(=O)O. The van der Waals surface area contributed by atoms with E-state index in [4.69, 9.17) is 21.2 Å². The first-order valence-electron chi connectivity index (χ1n) is 4.66. The van der Waals surface area contributed by atoms with E-state index < -0.39 is 11.8 Å². The summed E-state index contributed by atoms with van der Waals surface area (Å²) in [5.41, 5.74) is -0.349. The summed E-state index contributed by atoms with van der Waals surface area (Å²) in [7, 11) is 0. The second-order valence-electron chi connectivity index (χ2n) is 3.36. The van der Waals surface area contributed by atoms with Crippen LogP contribution < -0.4 is 0 Å². The fourth-order valence-electron chi connectivity index (χ4n) is 1.52. The average Bonchev–Trinajstić information content (AvgIpc) is 2.60. The van der Waals surface area contributed by atoms with Gasteiger partial charge in [0.1, 0.15) is 22.8 Å². The molecule has 6 heteroatoms. The Morgan fingerprint density at radius 1 is 1.53 bits per heavy atom. The van der Waals surface area contributed by atoms with E-state index in [1.54, 1.807) is 0 Å². The molecular weight excluding hydrogens is 249 g/mol. The maximum Gasteiger partial charge on any atom is 0.341 e. The third-order valence-electron chi connectivity index (χ3n) is 2.28. The number of halogens is 2. The lowest BCUT2D eigenvalue weighted by Crippen LogP contribution is -2.00. The molecule has 0 atom stereocenters. The molecule has 0 unspecified atom stereocenters. The van der Waals surface area contributed by atoms with Crippen LogP contribution in [-0.2, 0) is 0 Å². The zero-order valence-corrected chi connectivity index (χ0v) is 9.45. The topological polar surface area (TPSA) is 63.3 Å².